The van der Waals surface area contributed by atoms with Gasteiger partial charge in [0.05, 0.1) is 0 Å². The highest BCUT2D eigenvalue weighted by Gasteiger charge is 2.34. The van der Waals surface area contributed by atoms with Gasteiger partial charge in [-0.05, 0) is 39.2 Å². The molecule has 1 heterocycles. The topological polar surface area (TPSA) is 71.3 Å². The third kappa shape index (κ3) is 2.92. The maximum atomic E-state index is 12.5. The molecule has 0 aromatic carbocycles. The Balaban J connectivity index is 2.24. The van der Waals surface area contributed by atoms with Gasteiger partial charge in [0, 0.05) is 18.7 Å². The van der Waals surface area contributed by atoms with E-state index in [0.29, 0.717) is 29.5 Å². The fourth-order valence-corrected chi connectivity index (χ4v) is 4.38. The predicted molar refractivity (Wildman–Crippen MR) is 78.1 cm³/mol. The summed E-state index contributed by atoms with van der Waals surface area (Å²) in [6.45, 7) is 6.60. The molecule has 5 nitrogen and oxygen atoms in total. The van der Waals surface area contributed by atoms with Crippen molar-refractivity contribution in [3.63, 3.8) is 0 Å². The average Bonchev–Trinajstić information content (AvgIpc) is 2.60. The van der Waals surface area contributed by atoms with Crippen molar-refractivity contribution < 1.29 is 12.8 Å². The molecule has 2 N–H and O–H groups in total. The fraction of sp³-hybridized carbons (Fsp3) is 0.714. The third-order valence-corrected chi connectivity index (χ3v) is 5.79. The lowest BCUT2D eigenvalue weighted by Crippen LogP contribution is -2.40. The molecule has 0 saturated heterocycles. The highest BCUT2D eigenvalue weighted by molar-refractivity contribution is 7.89. The van der Waals surface area contributed by atoms with Crippen molar-refractivity contribution in [1.82, 2.24) is 10.0 Å². The first-order valence-corrected chi connectivity index (χ1v) is 8.50. The molecule has 0 unspecified atom stereocenters. The highest BCUT2D eigenvalue weighted by Crippen LogP contribution is 2.40. The van der Waals surface area contributed by atoms with Crippen LogP contribution in [-0.2, 0) is 16.6 Å². The Hall–Kier alpha value is -0.850. The van der Waals surface area contributed by atoms with Gasteiger partial charge >= 0.3 is 0 Å². The van der Waals surface area contributed by atoms with Gasteiger partial charge in [-0.25, -0.2) is 13.1 Å². The van der Waals surface area contributed by atoms with Crippen molar-refractivity contribution in [3.8, 4) is 0 Å². The quantitative estimate of drug-likeness (QED) is 0.844. The van der Waals surface area contributed by atoms with E-state index in [1.807, 2.05) is 0 Å². The second-order valence-electron chi connectivity index (χ2n) is 6.04. The molecule has 1 aromatic rings. The zero-order valence-electron chi connectivity index (χ0n) is 12.7. The molecule has 20 heavy (non-hydrogen) atoms. The van der Waals surface area contributed by atoms with Gasteiger partial charge in [0.2, 0.25) is 10.0 Å². The fourth-order valence-electron chi connectivity index (χ4n) is 2.74. The molecule has 1 saturated carbocycles. The zero-order valence-corrected chi connectivity index (χ0v) is 13.5. The van der Waals surface area contributed by atoms with Crippen LogP contribution in [0, 0.1) is 19.3 Å². The van der Waals surface area contributed by atoms with Gasteiger partial charge in [-0.15, -0.1) is 0 Å². The molecule has 2 rings (SSSR count). The molecule has 0 atom stereocenters. The third-order valence-electron chi connectivity index (χ3n) is 4.20. The van der Waals surface area contributed by atoms with E-state index in [-0.39, 0.29) is 5.41 Å². The summed E-state index contributed by atoms with van der Waals surface area (Å²) in [7, 11) is -1.72. The molecule has 0 spiro atoms. The Bertz CT molecular complexity index is 586. The zero-order chi connectivity index (χ0) is 15.0. The van der Waals surface area contributed by atoms with Gasteiger partial charge in [-0.1, -0.05) is 13.3 Å². The summed E-state index contributed by atoms with van der Waals surface area (Å²) in [5.74, 6) is 1.12. The molecule has 1 aliphatic carbocycles. The van der Waals surface area contributed by atoms with Crippen molar-refractivity contribution in [2.24, 2.45) is 5.41 Å². The largest absolute Gasteiger partial charge is 0.465 e. The predicted octanol–water partition coefficient (Wildman–Crippen LogP) is 2.08. The maximum absolute atomic E-state index is 12.5. The standard InChI is InChI=1S/C14H24N2O3S/c1-10-12(8-15-4)13(11(2)19-10)20(17,18)16-9-14(3)6-5-7-14/h15-16H,5-9H2,1-4H3. The summed E-state index contributed by atoms with van der Waals surface area (Å²) < 4.78 is 33.4. The van der Waals surface area contributed by atoms with Gasteiger partial charge in [-0.3, -0.25) is 0 Å². The van der Waals surface area contributed by atoms with E-state index < -0.39 is 10.0 Å². The monoisotopic (exact) mass is 300 g/mol. The summed E-state index contributed by atoms with van der Waals surface area (Å²) in [4.78, 5) is 0.298. The minimum Gasteiger partial charge on any atom is -0.465 e. The Morgan fingerprint density at radius 1 is 1.25 bits per heavy atom. The lowest BCUT2D eigenvalue weighted by atomic mass is 9.71. The number of nitrogens with one attached hydrogen (secondary N) is 2. The van der Waals surface area contributed by atoms with Crippen LogP contribution in [0.15, 0.2) is 9.31 Å². The van der Waals surface area contributed by atoms with Crippen molar-refractivity contribution in [2.75, 3.05) is 13.6 Å². The van der Waals surface area contributed by atoms with Crippen molar-refractivity contribution in [2.45, 2.75) is 51.5 Å². The van der Waals surface area contributed by atoms with E-state index in [2.05, 4.69) is 17.0 Å². The molecule has 1 fully saturated rings. The van der Waals surface area contributed by atoms with Crippen LogP contribution in [0.25, 0.3) is 0 Å². The smallest absolute Gasteiger partial charge is 0.244 e. The Morgan fingerprint density at radius 2 is 1.90 bits per heavy atom. The molecular formula is C14H24N2O3S. The first kappa shape index (κ1) is 15.5. The van der Waals surface area contributed by atoms with Gasteiger partial charge in [0.1, 0.15) is 16.4 Å². The second kappa shape index (κ2) is 5.50. The van der Waals surface area contributed by atoms with Crippen LogP contribution in [0.3, 0.4) is 0 Å². The van der Waals surface area contributed by atoms with Gasteiger partial charge in [0.25, 0.3) is 0 Å². The molecule has 0 radical (unpaired) electrons. The van der Waals surface area contributed by atoms with Crippen molar-refractivity contribution in [1.29, 1.82) is 0 Å². The second-order valence-corrected chi connectivity index (χ2v) is 7.75. The van der Waals surface area contributed by atoms with Crippen LogP contribution >= 0.6 is 0 Å². The normalized spacial score (nSPS) is 18.0. The van der Waals surface area contributed by atoms with E-state index >= 15 is 0 Å². The van der Waals surface area contributed by atoms with Crippen LogP contribution < -0.4 is 10.0 Å². The van der Waals surface area contributed by atoms with E-state index in [1.165, 1.54) is 6.42 Å². The Morgan fingerprint density at radius 3 is 2.40 bits per heavy atom. The summed E-state index contributed by atoms with van der Waals surface area (Å²) in [6, 6.07) is 0. The number of sulfonamides is 1. The lowest BCUT2D eigenvalue weighted by molar-refractivity contribution is 0.166. The molecule has 0 amide bonds. The molecule has 0 bridgehead atoms. The van der Waals surface area contributed by atoms with Gasteiger partial charge in [0.15, 0.2) is 0 Å². The van der Waals surface area contributed by atoms with E-state index in [1.54, 1.807) is 20.9 Å². The van der Waals surface area contributed by atoms with Crippen LogP contribution in [0.2, 0.25) is 0 Å². The van der Waals surface area contributed by atoms with Gasteiger partial charge < -0.3 is 9.73 Å². The molecule has 1 aliphatic rings. The first-order valence-electron chi connectivity index (χ1n) is 7.02. The van der Waals surface area contributed by atoms with E-state index in [0.717, 1.165) is 18.4 Å². The highest BCUT2D eigenvalue weighted by atomic mass is 32.2. The van der Waals surface area contributed by atoms with Crippen LogP contribution in [0.1, 0.15) is 43.3 Å². The Labute approximate surface area is 121 Å². The molecule has 0 aliphatic heterocycles. The summed E-state index contributed by atoms with van der Waals surface area (Å²) in [6.07, 6.45) is 3.36. The molecule has 6 heteroatoms. The number of hydrogen-bond acceptors (Lipinski definition) is 4. The lowest BCUT2D eigenvalue weighted by Gasteiger charge is -2.38. The number of rotatable bonds is 6. The van der Waals surface area contributed by atoms with E-state index in [9.17, 15) is 8.42 Å². The number of hydrogen-bond donors (Lipinski definition) is 2. The number of furan rings is 1. The molecule has 1 aromatic heterocycles. The van der Waals surface area contributed by atoms with Crippen LogP contribution in [0.5, 0.6) is 0 Å². The first-order chi connectivity index (χ1) is 9.29. The molecule has 114 valence electrons. The average molecular weight is 300 g/mol. The summed E-state index contributed by atoms with van der Waals surface area (Å²) in [5, 5.41) is 2.99. The van der Waals surface area contributed by atoms with Crippen LogP contribution in [0.4, 0.5) is 0 Å². The molecular weight excluding hydrogens is 276 g/mol. The van der Waals surface area contributed by atoms with E-state index in [4.69, 9.17) is 4.42 Å². The van der Waals surface area contributed by atoms with Crippen molar-refractivity contribution in [3.05, 3.63) is 17.1 Å². The summed E-state index contributed by atoms with van der Waals surface area (Å²) in [5.41, 5.74) is 0.833. The summed E-state index contributed by atoms with van der Waals surface area (Å²) >= 11 is 0. The van der Waals surface area contributed by atoms with Crippen molar-refractivity contribution >= 4 is 10.0 Å². The Kier molecular flexibility index (Phi) is 4.27. The minimum absolute atomic E-state index is 0.114. The maximum Gasteiger partial charge on any atom is 0.244 e. The van der Waals surface area contributed by atoms with Gasteiger partial charge in [-0.2, -0.15) is 0 Å². The SMILES string of the molecule is CNCc1c(C)oc(C)c1S(=O)(=O)NCC1(C)CCC1. The van der Waals surface area contributed by atoms with Crippen LogP contribution in [-0.4, -0.2) is 22.0 Å². The minimum atomic E-state index is -3.52. The number of aryl methyl sites for hydroxylation is 2.